The summed E-state index contributed by atoms with van der Waals surface area (Å²) in [5.41, 5.74) is 12.3. The Labute approximate surface area is 173 Å². The SMILES string of the molecule is COC(=O)C1=C(C)Nc2nc3c(c(N)c2C1c1cccc([N+](=O)[O-])c1)CCC(C)=C3. The van der Waals surface area contributed by atoms with Gasteiger partial charge >= 0.3 is 5.97 Å². The van der Waals surface area contributed by atoms with E-state index in [1.54, 1.807) is 19.1 Å². The van der Waals surface area contributed by atoms with Crippen LogP contribution in [-0.4, -0.2) is 23.0 Å². The molecule has 1 aliphatic heterocycles. The number of nitrogen functional groups attached to an aromatic ring is 1. The van der Waals surface area contributed by atoms with Gasteiger partial charge in [-0.3, -0.25) is 10.1 Å². The minimum atomic E-state index is -0.626. The van der Waals surface area contributed by atoms with Crippen LogP contribution >= 0.6 is 0 Å². The van der Waals surface area contributed by atoms with Crippen LogP contribution in [0, 0.1) is 10.1 Å². The van der Waals surface area contributed by atoms with Crippen LogP contribution in [0.5, 0.6) is 0 Å². The van der Waals surface area contributed by atoms with Crippen LogP contribution in [0.1, 0.15) is 48.6 Å². The highest BCUT2D eigenvalue weighted by Crippen LogP contribution is 2.47. The van der Waals surface area contributed by atoms with Crippen molar-refractivity contribution in [1.82, 2.24) is 4.98 Å². The highest BCUT2D eigenvalue weighted by molar-refractivity contribution is 5.95. The fourth-order valence-corrected chi connectivity index (χ4v) is 4.21. The maximum atomic E-state index is 12.7. The Bertz CT molecular complexity index is 1150. The van der Waals surface area contributed by atoms with Gasteiger partial charge in [-0.15, -0.1) is 0 Å². The van der Waals surface area contributed by atoms with Gasteiger partial charge in [-0.2, -0.15) is 0 Å². The van der Waals surface area contributed by atoms with Crippen molar-refractivity contribution in [3.8, 4) is 0 Å². The number of hydrogen-bond donors (Lipinski definition) is 2. The Morgan fingerprint density at radius 3 is 2.80 bits per heavy atom. The van der Waals surface area contributed by atoms with E-state index in [2.05, 4.69) is 12.2 Å². The predicted octanol–water partition coefficient (Wildman–Crippen LogP) is 3.93. The number of nitrogens with zero attached hydrogens (tertiary/aromatic N) is 2. The van der Waals surface area contributed by atoms with Gasteiger partial charge in [0.2, 0.25) is 0 Å². The molecule has 1 atom stereocenters. The molecule has 0 bridgehead atoms. The minimum absolute atomic E-state index is 0.0579. The number of nitrogens with one attached hydrogen (secondary N) is 1. The van der Waals surface area contributed by atoms with Gasteiger partial charge in [0, 0.05) is 40.6 Å². The van der Waals surface area contributed by atoms with Crippen LogP contribution in [0.3, 0.4) is 0 Å². The van der Waals surface area contributed by atoms with Gasteiger partial charge < -0.3 is 15.8 Å². The number of nitro groups is 1. The summed E-state index contributed by atoms with van der Waals surface area (Å²) in [5.74, 6) is -0.590. The topological polar surface area (TPSA) is 120 Å². The van der Waals surface area contributed by atoms with Crippen LogP contribution in [0.25, 0.3) is 6.08 Å². The molecular weight excluding hydrogens is 384 g/mol. The monoisotopic (exact) mass is 406 g/mol. The second-order valence-electron chi connectivity index (χ2n) is 7.58. The number of hydrogen-bond acceptors (Lipinski definition) is 7. The van der Waals surface area contributed by atoms with Crippen LogP contribution in [0.4, 0.5) is 17.2 Å². The number of nitrogens with two attached hydrogens (primary N) is 1. The van der Waals surface area contributed by atoms with E-state index in [-0.39, 0.29) is 5.69 Å². The molecule has 2 aromatic rings. The van der Waals surface area contributed by atoms with Crippen LogP contribution < -0.4 is 11.1 Å². The van der Waals surface area contributed by atoms with E-state index in [4.69, 9.17) is 15.5 Å². The van der Waals surface area contributed by atoms with Crippen molar-refractivity contribution in [3.05, 3.63) is 73.6 Å². The second kappa shape index (κ2) is 7.29. The molecular formula is C22H22N4O4. The summed E-state index contributed by atoms with van der Waals surface area (Å²) in [6.45, 7) is 3.82. The molecule has 1 aromatic heterocycles. The van der Waals surface area contributed by atoms with Gasteiger partial charge in [-0.25, -0.2) is 9.78 Å². The summed E-state index contributed by atoms with van der Waals surface area (Å²) in [5, 5.41) is 14.5. The summed E-state index contributed by atoms with van der Waals surface area (Å²) in [4.78, 5) is 28.4. The molecule has 8 heteroatoms. The minimum Gasteiger partial charge on any atom is -0.466 e. The van der Waals surface area contributed by atoms with Gasteiger partial charge in [0.1, 0.15) is 5.82 Å². The fourth-order valence-electron chi connectivity index (χ4n) is 4.21. The van der Waals surface area contributed by atoms with Crippen LogP contribution in [0.15, 0.2) is 41.1 Å². The summed E-state index contributed by atoms with van der Waals surface area (Å²) in [7, 11) is 1.31. The van der Waals surface area contributed by atoms with Gasteiger partial charge in [0.05, 0.1) is 23.3 Å². The lowest BCUT2D eigenvalue weighted by Crippen LogP contribution is -2.26. The van der Waals surface area contributed by atoms with Crippen molar-refractivity contribution in [2.75, 3.05) is 18.2 Å². The molecule has 1 aliphatic carbocycles. The van der Waals surface area contributed by atoms with Crippen LogP contribution in [-0.2, 0) is 16.0 Å². The van der Waals surface area contributed by atoms with E-state index in [0.717, 1.165) is 24.1 Å². The lowest BCUT2D eigenvalue weighted by molar-refractivity contribution is -0.384. The van der Waals surface area contributed by atoms with Gasteiger partial charge in [-0.05, 0) is 38.3 Å². The number of esters is 1. The first-order chi connectivity index (χ1) is 14.3. The lowest BCUT2D eigenvalue weighted by atomic mass is 9.79. The zero-order valence-corrected chi connectivity index (χ0v) is 17.0. The quantitative estimate of drug-likeness (QED) is 0.450. The maximum absolute atomic E-state index is 12.7. The van der Waals surface area contributed by atoms with E-state index in [9.17, 15) is 14.9 Å². The number of anilines is 2. The molecule has 0 spiro atoms. The van der Waals surface area contributed by atoms with Crippen molar-refractivity contribution in [2.45, 2.75) is 32.6 Å². The van der Waals surface area contributed by atoms with Crippen molar-refractivity contribution in [1.29, 1.82) is 0 Å². The molecule has 2 aliphatic rings. The first-order valence-electron chi connectivity index (χ1n) is 9.61. The molecule has 8 nitrogen and oxygen atoms in total. The average molecular weight is 406 g/mol. The van der Waals surface area contributed by atoms with Crippen molar-refractivity contribution in [2.24, 2.45) is 0 Å². The molecule has 4 rings (SSSR count). The molecule has 1 unspecified atom stereocenters. The molecule has 0 saturated carbocycles. The Morgan fingerprint density at radius 2 is 2.10 bits per heavy atom. The highest BCUT2D eigenvalue weighted by Gasteiger charge is 2.37. The third kappa shape index (κ3) is 3.10. The van der Waals surface area contributed by atoms with Crippen molar-refractivity contribution in [3.63, 3.8) is 0 Å². The first-order valence-corrected chi connectivity index (χ1v) is 9.61. The normalized spacial score (nSPS) is 17.4. The summed E-state index contributed by atoms with van der Waals surface area (Å²) >= 11 is 0. The molecule has 3 N–H and O–H groups in total. The number of benzene rings is 1. The third-order valence-electron chi connectivity index (χ3n) is 5.67. The number of rotatable bonds is 3. The van der Waals surface area contributed by atoms with E-state index in [0.29, 0.717) is 33.9 Å². The van der Waals surface area contributed by atoms with Gasteiger partial charge in [-0.1, -0.05) is 17.7 Å². The predicted molar refractivity (Wildman–Crippen MR) is 114 cm³/mol. The number of nitro benzene ring substituents is 1. The number of carbonyl (C=O) groups is 1. The smallest absolute Gasteiger partial charge is 0.336 e. The molecule has 0 fully saturated rings. The van der Waals surface area contributed by atoms with Crippen LogP contribution in [0.2, 0.25) is 0 Å². The molecule has 0 saturated heterocycles. The first kappa shape index (κ1) is 19.6. The Hall–Kier alpha value is -3.68. The number of ether oxygens (including phenoxy) is 1. The standard InChI is InChI=1S/C22H22N4O4/c1-11-7-8-15-16(9-11)25-21-19(20(15)23)18(17(12(2)24-21)22(27)30-3)13-5-4-6-14(10-13)26(28)29/h4-6,9-10,18H,7-8H2,1-3H3,(H3,23,24,25). The van der Waals surface area contributed by atoms with E-state index >= 15 is 0 Å². The number of carbonyl (C=O) groups excluding carboxylic acids is 1. The summed E-state index contributed by atoms with van der Waals surface area (Å²) < 4.78 is 5.03. The number of methoxy groups -OCH3 is 1. The van der Waals surface area contributed by atoms with Gasteiger partial charge in [0.25, 0.3) is 5.69 Å². The fraction of sp³-hybridized carbons (Fsp3) is 0.273. The summed E-state index contributed by atoms with van der Waals surface area (Å²) in [6.07, 6.45) is 3.65. The van der Waals surface area contributed by atoms with E-state index in [1.165, 1.54) is 24.8 Å². The number of fused-ring (bicyclic) bond motifs is 2. The third-order valence-corrected chi connectivity index (χ3v) is 5.67. The Balaban J connectivity index is 2.00. The zero-order chi connectivity index (χ0) is 21.6. The zero-order valence-electron chi connectivity index (χ0n) is 17.0. The average Bonchev–Trinajstić information content (AvgIpc) is 2.72. The van der Waals surface area contributed by atoms with E-state index < -0.39 is 16.8 Å². The Kier molecular flexibility index (Phi) is 4.77. The molecule has 0 amide bonds. The van der Waals surface area contributed by atoms with Crippen molar-refractivity contribution >= 4 is 29.2 Å². The molecule has 30 heavy (non-hydrogen) atoms. The maximum Gasteiger partial charge on any atom is 0.336 e. The summed E-state index contributed by atoms with van der Waals surface area (Å²) in [6, 6.07) is 6.25. The second-order valence-corrected chi connectivity index (χ2v) is 7.58. The number of aromatic nitrogens is 1. The Morgan fingerprint density at radius 1 is 1.33 bits per heavy atom. The van der Waals surface area contributed by atoms with E-state index in [1.807, 2.05) is 6.08 Å². The molecule has 154 valence electrons. The molecule has 1 aromatic carbocycles. The number of non-ortho nitro benzene ring substituents is 1. The largest absolute Gasteiger partial charge is 0.466 e. The lowest BCUT2D eigenvalue weighted by Gasteiger charge is -2.32. The number of allylic oxidation sites excluding steroid dienone is 2. The molecule has 2 heterocycles. The van der Waals surface area contributed by atoms with Crippen molar-refractivity contribution < 1.29 is 14.5 Å². The number of pyridine rings is 1. The highest BCUT2D eigenvalue weighted by atomic mass is 16.6. The van der Waals surface area contributed by atoms with Gasteiger partial charge in [0.15, 0.2) is 0 Å². The molecule has 0 radical (unpaired) electrons.